The fourth-order valence-corrected chi connectivity index (χ4v) is 2.93. The molecule has 1 aliphatic rings. The molecule has 2 N–H and O–H groups in total. The zero-order valence-electron chi connectivity index (χ0n) is 13.1. The Hall–Kier alpha value is -1.22. The predicted octanol–water partition coefficient (Wildman–Crippen LogP) is 3.49. The third-order valence-corrected chi connectivity index (χ3v) is 4.18. The van der Waals surface area contributed by atoms with Gasteiger partial charge in [0.1, 0.15) is 5.75 Å². The lowest BCUT2D eigenvalue weighted by atomic mass is 10.0. The fraction of sp³-hybridized carbons (Fsp3) is 0.647. The van der Waals surface area contributed by atoms with E-state index in [1.807, 2.05) is 0 Å². The Morgan fingerprint density at radius 2 is 2.10 bits per heavy atom. The second-order valence-corrected chi connectivity index (χ2v) is 5.85. The first-order chi connectivity index (χ1) is 9.63. The van der Waals surface area contributed by atoms with E-state index in [0.29, 0.717) is 12.1 Å². The lowest BCUT2D eigenvalue weighted by Gasteiger charge is -2.33. The van der Waals surface area contributed by atoms with Crippen LogP contribution in [-0.4, -0.2) is 25.2 Å². The number of hydrogen-bond donors (Lipinski definition) is 1. The molecule has 1 atom stereocenters. The Balaban J connectivity index is 2.09. The first-order valence-electron chi connectivity index (χ1n) is 7.91. The molecule has 0 bridgehead atoms. The van der Waals surface area contributed by atoms with Crippen molar-refractivity contribution in [3.63, 3.8) is 0 Å². The fourth-order valence-electron chi connectivity index (χ4n) is 2.93. The van der Waals surface area contributed by atoms with Crippen LogP contribution in [0.3, 0.4) is 0 Å². The topological polar surface area (TPSA) is 38.5 Å². The molecule has 0 aromatic heterocycles. The number of nitrogens with two attached hydrogens (primary N) is 1. The van der Waals surface area contributed by atoms with Crippen LogP contribution in [0.1, 0.15) is 45.1 Å². The van der Waals surface area contributed by atoms with Gasteiger partial charge in [0.05, 0.1) is 6.10 Å². The molecule has 1 heterocycles. The lowest BCUT2D eigenvalue weighted by molar-refractivity contribution is 0.193. The molecule has 112 valence electrons. The highest BCUT2D eigenvalue weighted by molar-refractivity contribution is 5.56. The van der Waals surface area contributed by atoms with Gasteiger partial charge in [-0.3, -0.25) is 0 Å². The number of benzene rings is 1. The molecular formula is C17H28N2O. The average Bonchev–Trinajstić information content (AvgIpc) is 2.45. The van der Waals surface area contributed by atoms with E-state index in [1.54, 1.807) is 0 Å². The number of nitrogens with zero attached hydrogens (tertiary/aromatic N) is 1. The third kappa shape index (κ3) is 3.66. The van der Waals surface area contributed by atoms with Crippen LogP contribution in [0.2, 0.25) is 0 Å². The summed E-state index contributed by atoms with van der Waals surface area (Å²) < 4.78 is 6.01. The number of hydrogen-bond acceptors (Lipinski definition) is 3. The van der Waals surface area contributed by atoms with Crippen LogP contribution >= 0.6 is 0 Å². The van der Waals surface area contributed by atoms with Gasteiger partial charge >= 0.3 is 0 Å². The Morgan fingerprint density at radius 1 is 1.35 bits per heavy atom. The van der Waals surface area contributed by atoms with Crippen LogP contribution in [0.15, 0.2) is 18.2 Å². The molecule has 1 aliphatic heterocycles. The zero-order chi connectivity index (χ0) is 14.5. The SMILES string of the molecule is CCC(CC)Oc1ccc(N2CCCC(N)C2)c(C)c1. The quantitative estimate of drug-likeness (QED) is 0.894. The van der Waals surface area contributed by atoms with E-state index in [0.717, 1.165) is 38.1 Å². The lowest BCUT2D eigenvalue weighted by Crippen LogP contribution is -2.43. The van der Waals surface area contributed by atoms with Gasteiger partial charge in [0.2, 0.25) is 0 Å². The Labute approximate surface area is 123 Å². The summed E-state index contributed by atoms with van der Waals surface area (Å²) in [5, 5.41) is 0. The van der Waals surface area contributed by atoms with Crippen LogP contribution < -0.4 is 15.4 Å². The van der Waals surface area contributed by atoms with Crippen molar-refractivity contribution in [1.29, 1.82) is 0 Å². The van der Waals surface area contributed by atoms with E-state index < -0.39 is 0 Å². The summed E-state index contributed by atoms with van der Waals surface area (Å²) in [6, 6.07) is 6.75. The first kappa shape index (κ1) is 15.2. The largest absolute Gasteiger partial charge is 0.490 e. The molecule has 0 radical (unpaired) electrons. The van der Waals surface area contributed by atoms with Gasteiger partial charge in [-0.05, 0) is 56.4 Å². The van der Waals surface area contributed by atoms with Gasteiger partial charge in [-0.15, -0.1) is 0 Å². The minimum atomic E-state index is 0.309. The Kier molecular flexibility index (Phi) is 5.30. The molecule has 1 fully saturated rings. The normalized spacial score (nSPS) is 19.4. The highest BCUT2D eigenvalue weighted by Crippen LogP contribution is 2.28. The highest BCUT2D eigenvalue weighted by atomic mass is 16.5. The summed E-state index contributed by atoms with van der Waals surface area (Å²) in [4.78, 5) is 2.41. The Morgan fingerprint density at radius 3 is 2.70 bits per heavy atom. The highest BCUT2D eigenvalue weighted by Gasteiger charge is 2.18. The number of piperidine rings is 1. The van der Waals surface area contributed by atoms with Gasteiger partial charge in [0, 0.05) is 24.8 Å². The van der Waals surface area contributed by atoms with Gasteiger partial charge in [0.15, 0.2) is 0 Å². The number of rotatable bonds is 5. The van der Waals surface area contributed by atoms with Gasteiger partial charge in [-0.2, -0.15) is 0 Å². The monoisotopic (exact) mass is 276 g/mol. The molecule has 3 nitrogen and oxygen atoms in total. The second kappa shape index (κ2) is 6.98. The first-order valence-corrected chi connectivity index (χ1v) is 7.91. The van der Waals surface area contributed by atoms with E-state index in [2.05, 4.69) is 43.9 Å². The van der Waals surface area contributed by atoms with E-state index in [1.165, 1.54) is 17.7 Å². The van der Waals surface area contributed by atoms with Gasteiger partial charge in [-0.25, -0.2) is 0 Å². The van der Waals surface area contributed by atoms with Crippen molar-refractivity contribution in [3.8, 4) is 5.75 Å². The van der Waals surface area contributed by atoms with E-state index >= 15 is 0 Å². The standard InChI is InChI=1S/C17H28N2O/c1-4-15(5-2)20-16-8-9-17(13(3)11-16)19-10-6-7-14(18)12-19/h8-9,11,14-15H,4-7,10,12,18H2,1-3H3. The van der Waals surface area contributed by atoms with Crippen molar-refractivity contribution in [2.75, 3.05) is 18.0 Å². The van der Waals surface area contributed by atoms with Crippen molar-refractivity contribution < 1.29 is 4.74 Å². The van der Waals surface area contributed by atoms with Crippen molar-refractivity contribution >= 4 is 5.69 Å². The molecule has 3 heteroatoms. The summed E-state index contributed by atoms with van der Waals surface area (Å²) in [7, 11) is 0. The summed E-state index contributed by atoms with van der Waals surface area (Å²) >= 11 is 0. The van der Waals surface area contributed by atoms with Crippen LogP contribution in [-0.2, 0) is 0 Å². The van der Waals surface area contributed by atoms with E-state index in [-0.39, 0.29) is 0 Å². The second-order valence-electron chi connectivity index (χ2n) is 5.85. The molecule has 1 unspecified atom stereocenters. The smallest absolute Gasteiger partial charge is 0.120 e. The van der Waals surface area contributed by atoms with E-state index in [4.69, 9.17) is 10.5 Å². The molecule has 1 aromatic rings. The minimum Gasteiger partial charge on any atom is -0.490 e. The van der Waals surface area contributed by atoms with Crippen LogP contribution in [0.5, 0.6) is 5.75 Å². The maximum Gasteiger partial charge on any atom is 0.120 e. The summed E-state index contributed by atoms with van der Waals surface area (Å²) in [6.07, 6.45) is 4.76. The van der Waals surface area contributed by atoms with Gasteiger partial charge < -0.3 is 15.4 Å². The minimum absolute atomic E-state index is 0.309. The Bertz CT molecular complexity index is 429. The zero-order valence-corrected chi connectivity index (χ0v) is 13.1. The van der Waals surface area contributed by atoms with Crippen molar-refractivity contribution in [1.82, 2.24) is 0 Å². The van der Waals surface area contributed by atoms with E-state index in [9.17, 15) is 0 Å². The van der Waals surface area contributed by atoms with Gasteiger partial charge in [0.25, 0.3) is 0 Å². The predicted molar refractivity (Wildman–Crippen MR) is 85.6 cm³/mol. The molecule has 0 saturated carbocycles. The summed E-state index contributed by atoms with van der Waals surface area (Å²) in [5.74, 6) is 0.987. The molecule has 0 amide bonds. The van der Waals surface area contributed by atoms with Crippen molar-refractivity contribution in [2.45, 2.75) is 58.6 Å². The maximum atomic E-state index is 6.08. The number of aryl methyl sites for hydroxylation is 1. The molecule has 0 spiro atoms. The van der Waals surface area contributed by atoms with Crippen LogP contribution in [0.25, 0.3) is 0 Å². The number of anilines is 1. The average molecular weight is 276 g/mol. The molecular weight excluding hydrogens is 248 g/mol. The van der Waals surface area contributed by atoms with Crippen molar-refractivity contribution in [3.05, 3.63) is 23.8 Å². The molecule has 0 aliphatic carbocycles. The summed E-state index contributed by atoms with van der Waals surface area (Å²) in [6.45, 7) is 8.58. The molecule has 1 saturated heterocycles. The third-order valence-electron chi connectivity index (χ3n) is 4.18. The number of ether oxygens (including phenoxy) is 1. The molecule has 2 rings (SSSR count). The molecule has 1 aromatic carbocycles. The van der Waals surface area contributed by atoms with Gasteiger partial charge in [-0.1, -0.05) is 13.8 Å². The summed E-state index contributed by atoms with van der Waals surface area (Å²) in [5.41, 5.74) is 8.66. The van der Waals surface area contributed by atoms with Crippen LogP contribution in [0.4, 0.5) is 5.69 Å². The van der Waals surface area contributed by atoms with Crippen LogP contribution in [0, 0.1) is 6.92 Å². The van der Waals surface area contributed by atoms with Crippen molar-refractivity contribution in [2.24, 2.45) is 5.73 Å². The maximum absolute atomic E-state index is 6.08. The molecule has 20 heavy (non-hydrogen) atoms.